The van der Waals surface area contributed by atoms with Crippen LogP contribution in [0.2, 0.25) is 5.02 Å². The molecule has 8 heteroatoms. The summed E-state index contributed by atoms with van der Waals surface area (Å²) in [5.41, 5.74) is 1.96. The molecule has 3 rings (SSSR count). The van der Waals surface area contributed by atoms with Gasteiger partial charge >= 0.3 is 0 Å². The van der Waals surface area contributed by atoms with Gasteiger partial charge in [0.15, 0.2) is 0 Å². The van der Waals surface area contributed by atoms with Gasteiger partial charge in [-0.1, -0.05) is 29.3 Å². The average molecular weight is 374 g/mol. The van der Waals surface area contributed by atoms with Gasteiger partial charge in [-0.2, -0.15) is 0 Å². The molecular formula is C18H16ClN3O4. The summed E-state index contributed by atoms with van der Waals surface area (Å²) < 4.78 is 0. The molecule has 1 fully saturated rings. The Labute approximate surface area is 154 Å². The maximum atomic E-state index is 12.5. The largest absolute Gasteiger partial charge is 0.324 e. The molecule has 2 amide bonds. The van der Waals surface area contributed by atoms with Crippen LogP contribution >= 0.6 is 11.6 Å². The van der Waals surface area contributed by atoms with Crippen molar-refractivity contribution < 1.29 is 14.5 Å². The van der Waals surface area contributed by atoms with Crippen LogP contribution in [0.1, 0.15) is 12.0 Å². The molecule has 0 aliphatic carbocycles. The maximum absolute atomic E-state index is 12.5. The summed E-state index contributed by atoms with van der Waals surface area (Å²) in [6.07, 6.45) is 0.101. The second-order valence-corrected chi connectivity index (χ2v) is 6.56. The van der Waals surface area contributed by atoms with E-state index in [0.717, 1.165) is 11.3 Å². The number of non-ortho nitro benzene ring substituents is 1. The first-order valence-electron chi connectivity index (χ1n) is 7.97. The van der Waals surface area contributed by atoms with Crippen molar-refractivity contribution in [3.05, 3.63) is 63.2 Å². The molecule has 0 radical (unpaired) electrons. The van der Waals surface area contributed by atoms with Crippen LogP contribution in [0.5, 0.6) is 0 Å². The second-order valence-electron chi connectivity index (χ2n) is 6.15. The Hall–Kier alpha value is -2.93. The predicted molar refractivity (Wildman–Crippen MR) is 98.4 cm³/mol. The molecule has 2 aromatic rings. The number of anilines is 2. The molecule has 1 heterocycles. The first-order chi connectivity index (χ1) is 12.3. The minimum absolute atomic E-state index is 0.0762. The Kier molecular flexibility index (Phi) is 4.90. The van der Waals surface area contributed by atoms with E-state index in [-0.39, 0.29) is 41.2 Å². The van der Waals surface area contributed by atoms with Gasteiger partial charge in [0.05, 0.1) is 21.6 Å². The number of aryl methyl sites for hydroxylation is 1. The van der Waals surface area contributed by atoms with Gasteiger partial charge < -0.3 is 10.2 Å². The molecule has 0 bridgehead atoms. The molecule has 1 saturated heterocycles. The van der Waals surface area contributed by atoms with Crippen LogP contribution in [0.4, 0.5) is 17.1 Å². The summed E-state index contributed by atoms with van der Waals surface area (Å²) in [6.45, 7) is 2.23. The minimum Gasteiger partial charge on any atom is -0.324 e. The summed E-state index contributed by atoms with van der Waals surface area (Å²) >= 11 is 6.00. The van der Waals surface area contributed by atoms with Crippen LogP contribution in [0.25, 0.3) is 0 Å². The molecule has 134 valence electrons. The number of amides is 2. The molecule has 7 nitrogen and oxygen atoms in total. The van der Waals surface area contributed by atoms with Crippen molar-refractivity contribution in [3.63, 3.8) is 0 Å². The van der Waals surface area contributed by atoms with Gasteiger partial charge in [0.1, 0.15) is 0 Å². The van der Waals surface area contributed by atoms with Crippen LogP contribution < -0.4 is 10.2 Å². The highest BCUT2D eigenvalue weighted by Gasteiger charge is 2.35. The highest BCUT2D eigenvalue weighted by Crippen LogP contribution is 2.29. The molecule has 0 spiro atoms. The number of halogens is 1. The first-order valence-corrected chi connectivity index (χ1v) is 8.35. The van der Waals surface area contributed by atoms with Gasteiger partial charge in [-0.05, 0) is 25.1 Å². The van der Waals surface area contributed by atoms with Gasteiger partial charge in [0.25, 0.3) is 5.69 Å². The predicted octanol–water partition coefficient (Wildman–Crippen LogP) is 3.55. The summed E-state index contributed by atoms with van der Waals surface area (Å²) in [5.74, 6) is -0.984. The van der Waals surface area contributed by atoms with Gasteiger partial charge in [0.2, 0.25) is 11.8 Å². The van der Waals surface area contributed by atoms with E-state index in [1.807, 2.05) is 31.2 Å². The Bertz CT molecular complexity index is 883. The van der Waals surface area contributed by atoms with E-state index in [1.54, 1.807) is 4.90 Å². The Morgan fingerprint density at radius 3 is 2.58 bits per heavy atom. The van der Waals surface area contributed by atoms with Crippen molar-refractivity contribution >= 4 is 40.5 Å². The minimum atomic E-state index is -0.563. The number of nitro benzene ring substituents is 1. The summed E-state index contributed by atoms with van der Waals surface area (Å²) in [6, 6.07) is 11.3. The Morgan fingerprint density at radius 1 is 1.27 bits per heavy atom. The second kappa shape index (κ2) is 7.13. The van der Waals surface area contributed by atoms with E-state index in [1.165, 1.54) is 18.2 Å². The van der Waals surface area contributed by atoms with E-state index >= 15 is 0 Å². The molecule has 1 aliphatic heterocycles. The number of hydrogen-bond donors (Lipinski definition) is 1. The van der Waals surface area contributed by atoms with Crippen LogP contribution in [0.15, 0.2) is 42.5 Å². The summed E-state index contributed by atoms with van der Waals surface area (Å²) in [7, 11) is 0. The van der Waals surface area contributed by atoms with Gasteiger partial charge in [-0.25, -0.2) is 0 Å². The number of hydrogen-bond acceptors (Lipinski definition) is 4. The van der Waals surface area contributed by atoms with E-state index in [9.17, 15) is 19.7 Å². The van der Waals surface area contributed by atoms with Crippen molar-refractivity contribution in [2.45, 2.75) is 13.3 Å². The zero-order valence-electron chi connectivity index (χ0n) is 13.9. The normalized spacial score (nSPS) is 16.6. The molecule has 0 saturated carbocycles. The number of carbonyl (C=O) groups is 2. The molecular weight excluding hydrogens is 358 g/mol. The SMILES string of the molecule is Cc1ccc(N2CC(C(=O)Nc3ccc([N+](=O)[O-])cc3Cl)CC2=O)cc1. The molecule has 0 aromatic heterocycles. The fourth-order valence-electron chi connectivity index (χ4n) is 2.81. The molecule has 1 N–H and O–H groups in total. The zero-order valence-corrected chi connectivity index (χ0v) is 14.7. The Balaban J connectivity index is 1.70. The fourth-order valence-corrected chi connectivity index (χ4v) is 3.03. The fraction of sp³-hybridized carbons (Fsp3) is 0.222. The van der Waals surface area contributed by atoms with Crippen molar-refractivity contribution in [2.24, 2.45) is 5.92 Å². The smallest absolute Gasteiger partial charge is 0.271 e. The third kappa shape index (κ3) is 3.67. The highest BCUT2D eigenvalue weighted by atomic mass is 35.5. The van der Waals surface area contributed by atoms with Crippen molar-refractivity contribution in [1.82, 2.24) is 0 Å². The number of nitrogens with zero attached hydrogens (tertiary/aromatic N) is 2. The van der Waals surface area contributed by atoms with Gasteiger partial charge in [0, 0.05) is 30.8 Å². The van der Waals surface area contributed by atoms with E-state index in [2.05, 4.69) is 5.32 Å². The molecule has 1 aliphatic rings. The monoisotopic (exact) mass is 373 g/mol. The quantitative estimate of drug-likeness (QED) is 0.655. The van der Waals surface area contributed by atoms with Crippen molar-refractivity contribution in [1.29, 1.82) is 0 Å². The lowest BCUT2D eigenvalue weighted by atomic mass is 10.1. The molecule has 1 atom stereocenters. The van der Waals surface area contributed by atoms with Crippen molar-refractivity contribution in [2.75, 3.05) is 16.8 Å². The van der Waals surface area contributed by atoms with E-state index < -0.39 is 10.8 Å². The topological polar surface area (TPSA) is 92.6 Å². The lowest BCUT2D eigenvalue weighted by Crippen LogP contribution is -2.28. The van der Waals surface area contributed by atoms with E-state index in [4.69, 9.17) is 11.6 Å². The maximum Gasteiger partial charge on any atom is 0.271 e. The Morgan fingerprint density at radius 2 is 1.96 bits per heavy atom. The third-order valence-corrected chi connectivity index (χ3v) is 4.58. The molecule has 1 unspecified atom stereocenters. The summed E-state index contributed by atoms with van der Waals surface area (Å²) in [4.78, 5) is 36.5. The standard InChI is InChI=1S/C18H16ClN3O4/c1-11-2-4-13(5-3-11)21-10-12(8-17(21)23)18(24)20-16-7-6-14(22(25)26)9-15(16)19/h2-7,9,12H,8,10H2,1H3,(H,20,24). The number of carbonyl (C=O) groups excluding carboxylic acids is 2. The molecule has 2 aromatic carbocycles. The lowest BCUT2D eigenvalue weighted by Gasteiger charge is -2.17. The van der Waals surface area contributed by atoms with Gasteiger partial charge in [-0.3, -0.25) is 19.7 Å². The highest BCUT2D eigenvalue weighted by molar-refractivity contribution is 6.34. The number of benzene rings is 2. The van der Waals surface area contributed by atoms with Crippen LogP contribution in [-0.4, -0.2) is 23.3 Å². The van der Waals surface area contributed by atoms with Crippen LogP contribution in [0.3, 0.4) is 0 Å². The lowest BCUT2D eigenvalue weighted by molar-refractivity contribution is -0.384. The molecule has 26 heavy (non-hydrogen) atoms. The number of nitrogens with one attached hydrogen (secondary N) is 1. The first kappa shape index (κ1) is 17.9. The number of nitro groups is 1. The zero-order chi connectivity index (χ0) is 18.8. The van der Waals surface area contributed by atoms with Crippen LogP contribution in [0, 0.1) is 23.0 Å². The van der Waals surface area contributed by atoms with Crippen molar-refractivity contribution in [3.8, 4) is 0 Å². The van der Waals surface area contributed by atoms with E-state index in [0.29, 0.717) is 0 Å². The van der Waals surface area contributed by atoms with Gasteiger partial charge in [-0.15, -0.1) is 0 Å². The van der Waals surface area contributed by atoms with Crippen LogP contribution in [-0.2, 0) is 9.59 Å². The third-order valence-electron chi connectivity index (χ3n) is 4.26. The number of rotatable bonds is 4. The average Bonchev–Trinajstić information content (AvgIpc) is 2.99. The summed E-state index contributed by atoms with van der Waals surface area (Å²) in [5, 5.41) is 13.5.